The summed E-state index contributed by atoms with van der Waals surface area (Å²) in [5, 5.41) is 38.6. The Balaban J connectivity index is 0.00000529. The average Bonchev–Trinajstić information content (AvgIpc) is 3.81. The molecule has 1 saturated heterocycles. The number of nitrogens with zero attached hydrogens (tertiary/aromatic N) is 5. The number of piperidine rings is 1. The first kappa shape index (κ1) is 41.9. The van der Waals surface area contributed by atoms with Crippen LogP contribution in [0.3, 0.4) is 0 Å². The van der Waals surface area contributed by atoms with Crippen molar-refractivity contribution in [2.75, 3.05) is 13.1 Å². The number of amides is 1. The summed E-state index contributed by atoms with van der Waals surface area (Å²) < 4.78 is 20.9. The molecule has 6 heterocycles. The molecule has 3 aliphatic rings. The van der Waals surface area contributed by atoms with Crippen LogP contribution in [0.1, 0.15) is 80.7 Å². The van der Waals surface area contributed by atoms with Crippen LogP contribution < -0.4 is 16.0 Å². The van der Waals surface area contributed by atoms with Crippen LogP contribution in [0, 0.1) is 0 Å². The molecule has 0 saturated carbocycles. The molecule has 0 aliphatic carbocycles. The van der Waals surface area contributed by atoms with E-state index in [4.69, 9.17) is 19.2 Å². The number of H-pyrrole nitrogens is 1. The van der Waals surface area contributed by atoms with Crippen molar-refractivity contribution in [2.24, 2.45) is 0 Å². The quantitative estimate of drug-likeness (QED) is 0.120. The highest BCUT2D eigenvalue weighted by Gasteiger charge is 2.51. The predicted octanol–water partition coefficient (Wildman–Crippen LogP) is 6.53. The van der Waals surface area contributed by atoms with Gasteiger partial charge in [-0.05, 0) is 84.5 Å². The standard InChI is InChI=1S/C45H44N6O10.ClH/c1-5-28-30-17-25(52)9-12-35(30)46-39-32(28)21-50-36(39)19-34-33(41(50)55)22-59-42(56)45(34,6-2)61-44(58)49-15-13-27(14-16-49)60-26-10-7-24(8-11-26)51-40(47-48-43(51)57)31-18-29(23(3)4)37(53)20-38(31)54;/h7-12,17-20,23,27,52-54H,5-6,13-16,21-22H2,1-4H3,(H,48,57);1H/t45-;/m0./s1. The summed E-state index contributed by atoms with van der Waals surface area (Å²) in [5.41, 5.74) is 2.79. The molecule has 1 atom stereocenters. The number of halogens is 1. The fourth-order valence-electron chi connectivity index (χ4n) is 8.90. The molecule has 62 heavy (non-hydrogen) atoms. The fourth-order valence-corrected chi connectivity index (χ4v) is 8.90. The van der Waals surface area contributed by atoms with Gasteiger partial charge in [-0.25, -0.2) is 29.0 Å². The van der Waals surface area contributed by atoms with Gasteiger partial charge in [0, 0.05) is 48.5 Å². The Bertz CT molecular complexity index is 2900. The number of hydrogen-bond donors (Lipinski definition) is 4. The highest BCUT2D eigenvalue weighted by molar-refractivity contribution is 5.90. The van der Waals surface area contributed by atoms with Gasteiger partial charge in [-0.15, -0.1) is 12.4 Å². The second kappa shape index (κ2) is 15.9. The van der Waals surface area contributed by atoms with Gasteiger partial charge in [-0.1, -0.05) is 27.7 Å². The summed E-state index contributed by atoms with van der Waals surface area (Å²) in [6, 6.07) is 16.4. The van der Waals surface area contributed by atoms with Crippen LogP contribution in [-0.4, -0.2) is 75.8 Å². The van der Waals surface area contributed by atoms with Gasteiger partial charge in [0.2, 0.25) is 5.60 Å². The molecule has 0 bridgehead atoms. The molecule has 0 spiro atoms. The first-order valence-electron chi connectivity index (χ1n) is 20.4. The minimum Gasteiger partial charge on any atom is -0.508 e. The van der Waals surface area contributed by atoms with E-state index in [1.165, 1.54) is 15.5 Å². The maximum atomic E-state index is 14.1. The van der Waals surface area contributed by atoms with Crippen LogP contribution in [0.2, 0.25) is 0 Å². The van der Waals surface area contributed by atoms with Gasteiger partial charge in [-0.3, -0.25) is 4.79 Å². The molecule has 6 aromatic rings. The third-order valence-electron chi connectivity index (χ3n) is 12.2. The lowest BCUT2D eigenvalue weighted by Crippen LogP contribution is -2.51. The Morgan fingerprint density at radius 2 is 1.71 bits per heavy atom. The molecule has 1 amide bonds. The molecule has 1 fully saturated rings. The van der Waals surface area contributed by atoms with Crippen LogP contribution >= 0.6 is 12.4 Å². The van der Waals surface area contributed by atoms with E-state index in [1.54, 1.807) is 66.1 Å². The average molecular weight is 865 g/mol. The second-order valence-electron chi connectivity index (χ2n) is 16.0. The molecular formula is C45H45ClN6O10. The van der Waals surface area contributed by atoms with E-state index >= 15 is 0 Å². The predicted molar refractivity (Wildman–Crippen MR) is 229 cm³/mol. The highest BCUT2D eigenvalue weighted by atomic mass is 35.5. The van der Waals surface area contributed by atoms with Gasteiger partial charge in [-0.2, -0.15) is 5.10 Å². The summed E-state index contributed by atoms with van der Waals surface area (Å²) in [5.74, 6) is -0.240. The zero-order valence-electron chi connectivity index (χ0n) is 34.4. The number of aromatic nitrogens is 5. The van der Waals surface area contributed by atoms with E-state index in [1.807, 2.05) is 20.8 Å². The first-order chi connectivity index (χ1) is 29.3. The van der Waals surface area contributed by atoms with E-state index in [-0.39, 0.29) is 96.8 Å². The minimum absolute atomic E-state index is 0. The van der Waals surface area contributed by atoms with Crippen molar-refractivity contribution in [3.63, 3.8) is 0 Å². The molecule has 3 aliphatic heterocycles. The number of carbonyl (C=O) groups excluding carboxylic acids is 2. The zero-order valence-corrected chi connectivity index (χ0v) is 35.2. The van der Waals surface area contributed by atoms with E-state index in [9.17, 15) is 34.5 Å². The summed E-state index contributed by atoms with van der Waals surface area (Å²) in [6.07, 6.45) is 0.627. The second-order valence-corrected chi connectivity index (χ2v) is 16.0. The van der Waals surface area contributed by atoms with Crippen molar-refractivity contribution in [1.29, 1.82) is 0 Å². The fraction of sp³-hybridized carbons (Fsp3) is 0.333. The molecule has 4 N–H and O–H groups in total. The van der Waals surface area contributed by atoms with E-state index in [2.05, 4.69) is 10.2 Å². The first-order valence-corrected chi connectivity index (χ1v) is 20.4. The summed E-state index contributed by atoms with van der Waals surface area (Å²) >= 11 is 0. The lowest BCUT2D eigenvalue weighted by Gasteiger charge is -2.38. The number of aryl methyl sites for hydroxylation is 1. The monoisotopic (exact) mass is 864 g/mol. The Labute approximate surface area is 360 Å². The zero-order chi connectivity index (χ0) is 42.9. The normalized spacial score (nSPS) is 17.0. The van der Waals surface area contributed by atoms with Crippen molar-refractivity contribution >= 4 is 35.4 Å². The number of benzene rings is 3. The van der Waals surface area contributed by atoms with E-state index in [0.29, 0.717) is 58.7 Å². The van der Waals surface area contributed by atoms with Crippen LogP contribution in [0.15, 0.2) is 70.3 Å². The number of cyclic esters (lactones) is 1. The highest BCUT2D eigenvalue weighted by Crippen LogP contribution is 2.43. The van der Waals surface area contributed by atoms with Crippen LogP contribution in [0.5, 0.6) is 23.0 Å². The Morgan fingerprint density at radius 1 is 0.968 bits per heavy atom. The van der Waals surface area contributed by atoms with E-state index < -0.39 is 23.4 Å². The number of pyridine rings is 2. The number of fused-ring (bicyclic) bond motifs is 5. The van der Waals surface area contributed by atoms with Crippen LogP contribution in [0.25, 0.3) is 39.4 Å². The number of carbonyl (C=O) groups is 2. The molecule has 0 unspecified atom stereocenters. The number of rotatable bonds is 8. The van der Waals surface area contributed by atoms with Crippen molar-refractivity contribution < 1.29 is 39.1 Å². The summed E-state index contributed by atoms with van der Waals surface area (Å²) in [4.78, 5) is 61.0. The number of ether oxygens (including phenoxy) is 3. The third-order valence-corrected chi connectivity index (χ3v) is 12.2. The number of hydrogen-bond acceptors (Lipinski definition) is 12. The number of nitrogens with one attached hydrogen (secondary N) is 1. The molecule has 9 rings (SSSR count). The van der Waals surface area contributed by atoms with E-state index in [0.717, 1.165) is 16.5 Å². The van der Waals surface area contributed by atoms with Gasteiger partial charge in [0.1, 0.15) is 35.7 Å². The van der Waals surface area contributed by atoms with Gasteiger partial charge in [0.25, 0.3) is 5.56 Å². The molecular weight excluding hydrogens is 820 g/mol. The number of aromatic hydroxyl groups is 3. The number of esters is 1. The van der Waals surface area contributed by atoms with Crippen LogP contribution in [-0.2, 0) is 39.4 Å². The van der Waals surface area contributed by atoms with Gasteiger partial charge < -0.3 is 39.0 Å². The molecule has 3 aromatic heterocycles. The Morgan fingerprint density at radius 3 is 2.40 bits per heavy atom. The number of phenolic OH excluding ortho intramolecular Hbond substituents is 3. The van der Waals surface area contributed by atoms with Crippen LogP contribution in [0.4, 0.5) is 4.79 Å². The number of likely N-dealkylation sites (tertiary alicyclic amines) is 1. The van der Waals surface area contributed by atoms with Gasteiger partial charge >= 0.3 is 17.8 Å². The maximum Gasteiger partial charge on any atom is 0.411 e. The molecule has 16 nitrogen and oxygen atoms in total. The number of aromatic amines is 1. The summed E-state index contributed by atoms with van der Waals surface area (Å²) in [7, 11) is 0. The SMILES string of the molecule is CCc1c2c(nc3ccc(O)cc13)-c1cc3c(c(=O)n1C2)COC(=O)[C@@]3(CC)OC(=O)N1CCC(Oc2ccc(-n3c(-c4cc(C(C)C)c(O)cc4O)n[nH]c3=O)cc2)CC1.Cl. The lowest BCUT2D eigenvalue weighted by atomic mass is 9.85. The minimum atomic E-state index is -1.86. The molecule has 3 aromatic carbocycles. The largest absolute Gasteiger partial charge is 0.508 e. The third kappa shape index (κ3) is 6.78. The summed E-state index contributed by atoms with van der Waals surface area (Å²) in [6.45, 7) is 8.10. The Kier molecular flexibility index (Phi) is 10.7. The topological polar surface area (TPSA) is 211 Å². The van der Waals surface area contributed by atoms with Gasteiger partial charge in [0.15, 0.2) is 5.82 Å². The molecule has 17 heteroatoms. The molecule has 322 valence electrons. The van der Waals surface area contributed by atoms with Crippen molar-refractivity contribution in [3.8, 4) is 51.5 Å². The lowest BCUT2D eigenvalue weighted by molar-refractivity contribution is -0.173. The molecule has 0 radical (unpaired) electrons. The van der Waals surface area contributed by atoms with Crippen molar-refractivity contribution in [1.82, 2.24) is 29.2 Å². The van der Waals surface area contributed by atoms with Crippen molar-refractivity contribution in [3.05, 3.63) is 109 Å². The Hall–Kier alpha value is -6.81. The van der Waals surface area contributed by atoms with Gasteiger partial charge in [0.05, 0.1) is 40.3 Å². The number of phenols is 3. The van der Waals surface area contributed by atoms with Crippen molar-refractivity contribution in [2.45, 2.75) is 84.2 Å². The maximum absolute atomic E-state index is 14.1. The smallest absolute Gasteiger partial charge is 0.411 e.